The molecule has 28 heavy (non-hydrogen) atoms. The number of carbonyl (C=O) groups excluding carboxylic acids is 1. The Kier molecular flexibility index (Phi) is 5.55. The standard InChI is InChI=1S/C19H18ClN3O2S3/c1-9-6-7-10-13(8-9)27-16(14(10)17(24)25-2)22-18(26)23-19-21-15-11(20)4-3-5-12(15)28-19/h3-5,9H,6-8H2,1-2H3,(H2,21,22,23,26). The molecule has 0 aliphatic heterocycles. The van der Waals surface area contributed by atoms with Crippen molar-refractivity contribution >= 4 is 77.9 Å². The van der Waals surface area contributed by atoms with Crippen molar-refractivity contribution in [1.82, 2.24) is 4.98 Å². The van der Waals surface area contributed by atoms with Gasteiger partial charge < -0.3 is 15.4 Å². The normalized spacial score (nSPS) is 15.9. The van der Waals surface area contributed by atoms with Crippen molar-refractivity contribution in [3.05, 3.63) is 39.2 Å². The third-order valence-electron chi connectivity index (χ3n) is 4.72. The van der Waals surface area contributed by atoms with E-state index in [1.165, 1.54) is 23.3 Å². The molecule has 5 nitrogen and oxygen atoms in total. The molecule has 1 aliphatic carbocycles. The molecule has 1 aromatic carbocycles. The van der Waals surface area contributed by atoms with Crippen molar-refractivity contribution in [2.75, 3.05) is 17.7 Å². The average Bonchev–Trinajstić information content (AvgIpc) is 3.21. The maximum atomic E-state index is 12.4. The number of rotatable bonds is 3. The molecule has 4 rings (SSSR count). The summed E-state index contributed by atoms with van der Waals surface area (Å²) in [5.41, 5.74) is 2.44. The molecule has 0 bridgehead atoms. The molecule has 9 heteroatoms. The number of nitrogens with one attached hydrogen (secondary N) is 2. The molecule has 0 saturated heterocycles. The molecule has 2 N–H and O–H groups in total. The highest BCUT2D eigenvalue weighted by Gasteiger charge is 2.28. The van der Waals surface area contributed by atoms with E-state index in [9.17, 15) is 4.79 Å². The minimum Gasteiger partial charge on any atom is -0.465 e. The fourth-order valence-electron chi connectivity index (χ4n) is 3.36. The summed E-state index contributed by atoms with van der Waals surface area (Å²) in [6.07, 6.45) is 2.93. The van der Waals surface area contributed by atoms with Crippen LogP contribution in [0.1, 0.15) is 34.1 Å². The lowest BCUT2D eigenvalue weighted by Gasteiger charge is -2.18. The first-order valence-corrected chi connectivity index (χ1v) is 11.2. The third-order valence-corrected chi connectivity index (χ3v) is 7.33. The number of hydrogen-bond donors (Lipinski definition) is 2. The van der Waals surface area contributed by atoms with Crippen molar-refractivity contribution in [3.8, 4) is 0 Å². The minimum atomic E-state index is -0.330. The van der Waals surface area contributed by atoms with Crippen LogP contribution in [0, 0.1) is 5.92 Å². The molecule has 3 aromatic rings. The number of thiazole rings is 1. The number of anilines is 2. The molecule has 1 unspecified atom stereocenters. The smallest absolute Gasteiger partial charge is 0.341 e. The number of aromatic nitrogens is 1. The lowest BCUT2D eigenvalue weighted by atomic mass is 9.88. The summed E-state index contributed by atoms with van der Waals surface area (Å²) in [5.74, 6) is 0.284. The van der Waals surface area contributed by atoms with Gasteiger partial charge in [-0.2, -0.15) is 0 Å². The molecule has 0 fully saturated rings. The molecular formula is C19H18ClN3O2S3. The monoisotopic (exact) mass is 451 g/mol. The van der Waals surface area contributed by atoms with Gasteiger partial charge in [0.15, 0.2) is 10.2 Å². The Hall–Kier alpha value is -1.74. The highest BCUT2D eigenvalue weighted by atomic mass is 35.5. The number of fused-ring (bicyclic) bond motifs is 2. The number of methoxy groups -OCH3 is 1. The highest BCUT2D eigenvalue weighted by Crippen LogP contribution is 2.40. The van der Waals surface area contributed by atoms with E-state index in [0.717, 1.165) is 40.0 Å². The predicted octanol–water partition coefficient (Wildman–Crippen LogP) is 5.73. The number of hydrogen-bond acceptors (Lipinski definition) is 6. The molecule has 146 valence electrons. The summed E-state index contributed by atoms with van der Waals surface area (Å²) in [4.78, 5) is 18.1. The van der Waals surface area contributed by atoms with Gasteiger partial charge in [-0.15, -0.1) is 11.3 Å². The van der Waals surface area contributed by atoms with E-state index in [1.54, 1.807) is 11.3 Å². The largest absolute Gasteiger partial charge is 0.465 e. The van der Waals surface area contributed by atoms with E-state index >= 15 is 0 Å². The molecule has 0 spiro atoms. The number of halogens is 1. The van der Waals surface area contributed by atoms with E-state index in [1.807, 2.05) is 18.2 Å². The van der Waals surface area contributed by atoms with Gasteiger partial charge in [0.1, 0.15) is 10.5 Å². The van der Waals surface area contributed by atoms with Crippen LogP contribution in [-0.4, -0.2) is 23.2 Å². The number of thiophene rings is 1. The van der Waals surface area contributed by atoms with E-state index in [4.69, 9.17) is 28.6 Å². The van der Waals surface area contributed by atoms with Crippen LogP contribution in [0.2, 0.25) is 5.02 Å². The summed E-state index contributed by atoms with van der Waals surface area (Å²) in [7, 11) is 1.41. The fraction of sp³-hybridized carbons (Fsp3) is 0.316. The molecule has 0 saturated carbocycles. The molecule has 0 radical (unpaired) electrons. The summed E-state index contributed by atoms with van der Waals surface area (Å²) in [6, 6.07) is 5.66. The Morgan fingerprint density at radius 2 is 2.18 bits per heavy atom. The van der Waals surface area contributed by atoms with Gasteiger partial charge in [-0.05, 0) is 55.1 Å². The second-order valence-electron chi connectivity index (χ2n) is 6.73. The van der Waals surface area contributed by atoms with Crippen molar-refractivity contribution in [3.63, 3.8) is 0 Å². The Labute approximate surface area is 181 Å². The van der Waals surface area contributed by atoms with Crippen LogP contribution in [0.3, 0.4) is 0 Å². The van der Waals surface area contributed by atoms with Gasteiger partial charge in [0.2, 0.25) is 0 Å². The molecule has 1 atom stereocenters. The van der Waals surface area contributed by atoms with E-state index in [0.29, 0.717) is 26.7 Å². The van der Waals surface area contributed by atoms with Gasteiger partial charge in [0.05, 0.1) is 22.4 Å². The van der Waals surface area contributed by atoms with E-state index < -0.39 is 0 Å². The van der Waals surface area contributed by atoms with Gasteiger partial charge in [-0.3, -0.25) is 0 Å². The summed E-state index contributed by atoms with van der Waals surface area (Å²) >= 11 is 14.7. The van der Waals surface area contributed by atoms with Crippen molar-refractivity contribution < 1.29 is 9.53 Å². The first-order valence-electron chi connectivity index (χ1n) is 8.82. The van der Waals surface area contributed by atoms with E-state index in [2.05, 4.69) is 22.5 Å². The maximum absolute atomic E-state index is 12.4. The van der Waals surface area contributed by atoms with Crippen LogP contribution >= 0.6 is 46.5 Å². The Morgan fingerprint density at radius 1 is 1.36 bits per heavy atom. The van der Waals surface area contributed by atoms with Crippen LogP contribution in [-0.2, 0) is 17.6 Å². The highest BCUT2D eigenvalue weighted by molar-refractivity contribution is 7.80. The number of nitrogens with zero attached hydrogens (tertiary/aromatic N) is 1. The first-order chi connectivity index (χ1) is 13.5. The molecule has 1 aliphatic rings. The van der Waals surface area contributed by atoms with Crippen LogP contribution in [0.4, 0.5) is 10.1 Å². The number of thiocarbonyl (C=S) groups is 1. The zero-order valence-electron chi connectivity index (χ0n) is 15.3. The number of para-hydroxylation sites is 1. The lowest BCUT2D eigenvalue weighted by molar-refractivity contribution is 0.0601. The van der Waals surface area contributed by atoms with Crippen LogP contribution < -0.4 is 10.6 Å². The maximum Gasteiger partial charge on any atom is 0.341 e. The molecule has 2 aromatic heterocycles. The van der Waals surface area contributed by atoms with Crippen LogP contribution in [0.25, 0.3) is 10.2 Å². The number of benzene rings is 1. The summed E-state index contributed by atoms with van der Waals surface area (Å²) in [6.45, 7) is 2.23. The molecular weight excluding hydrogens is 434 g/mol. The Morgan fingerprint density at radius 3 is 2.93 bits per heavy atom. The van der Waals surface area contributed by atoms with Crippen molar-refractivity contribution in [1.29, 1.82) is 0 Å². The predicted molar refractivity (Wildman–Crippen MR) is 121 cm³/mol. The second-order valence-corrected chi connectivity index (χ2v) is 9.68. The van der Waals surface area contributed by atoms with Gasteiger partial charge in [0.25, 0.3) is 0 Å². The van der Waals surface area contributed by atoms with E-state index in [-0.39, 0.29) is 5.97 Å². The van der Waals surface area contributed by atoms with Gasteiger partial charge >= 0.3 is 5.97 Å². The lowest BCUT2D eigenvalue weighted by Crippen LogP contribution is -2.20. The second kappa shape index (κ2) is 7.94. The summed E-state index contributed by atoms with van der Waals surface area (Å²) in [5, 5.41) is 8.64. The number of esters is 1. The Balaban J connectivity index is 1.58. The fourth-order valence-corrected chi connectivity index (χ4v) is 6.26. The topological polar surface area (TPSA) is 63.2 Å². The van der Waals surface area contributed by atoms with Gasteiger partial charge in [-0.25, -0.2) is 9.78 Å². The first kappa shape index (κ1) is 19.6. The summed E-state index contributed by atoms with van der Waals surface area (Å²) < 4.78 is 6.00. The van der Waals surface area contributed by atoms with Crippen molar-refractivity contribution in [2.45, 2.75) is 26.2 Å². The number of ether oxygens (including phenoxy) is 1. The average molecular weight is 452 g/mol. The van der Waals surface area contributed by atoms with Gasteiger partial charge in [-0.1, -0.05) is 35.9 Å². The minimum absolute atomic E-state index is 0.330. The van der Waals surface area contributed by atoms with Crippen molar-refractivity contribution in [2.24, 2.45) is 5.92 Å². The van der Waals surface area contributed by atoms with Gasteiger partial charge in [0, 0.05) is 4.88 Å². The zero-order valence-corrected chi connectivity index (χ0v) is 18.5. The third kappa shape index (κ3) is 3.74. The number of carbonyl (C=O) groups is 1. The SMILES string of the molecule is COC(=O)c1c(NC(=S)Nc2nc3c(Cl)cccc3s2)sc2c1CCC(C)C2. The molecule has 0 amide bonds. The van der Waals surface area contributed by atoms with Crippen LogP contribution in [0.5, 0.6) is 0 Å². The molecule has 2 heterocycles. The zero-order chi connectivity index (χ0) is 19.8. The quantitative estimate of drug-likeness (QED) is 0.391. The van der Waals surface area contributed by atoms with Crippen LogP contribution in [0.15, 0.2) is 18.2 Å². The Bertz CT molecular complexity index is 1080.